The maximum atomic E-state index is 11.9. The number of hydrogen-bond acceptors (Lipinski definition) is 3. The van der Waals surface area contributed by atoms with Gasteiger partial charge in [-0.2, -0.15) is 0 Å². The van der Waals surface area contributed by atoms with E-state index in [4.69, 9.17) is 27.9 Å². The Morgan fingerprint density at radius 3 is 2.30 bits per heavy atom. The molecule has 2 aromatic carbocycles. The number of amides is 1. The first-order valence-electron chi connectivity index (χ1n) is 7.29. The van der Waals surface area contributed by atoms with E-state index in [1.807, 2.05) is 24.3 Å². The van der Waals surface area contributed by atoms with Crippen LogP contribution < -0.4 is 15.4 Å². The molecule has 0 aliphatic carbocycles. The molecule has 0 atom stereocenters. The summed E-state index contributed by atoms with van der Waals surface area (Å²) in [5, 5.41) is 6.73. The van der Waals surface area contributed by atoms with Gasteiger partial charge in [-0.15, -0.1) is 0 Å². The number of benzene rings is 2. The van der Waals surface area contributed by atoms with Gasteiger partial charge in [0, 0.05) is 21.4 Å². The molecule has 4 nitrogen and oxygen atoms in total. The highest BCUT2D eigenvalue weighted by Crippen LogP contribution is 2.22. The van der Waals surface area contributed by atoms with Gasteiger partial charge in [-0.1, -0.05) is 30.1 Å². The van der Waals surface area contributed by atoms with Crippen LogP contribution in [0.15, 0.2) is 42.5 Å². The fraction of sp³-hybridized carbons (Fsp3) is 0.235. The van der Waals surface area contributed by atoms with Gasteiger partial charge in [0.05, 0.1) is 13.2 Å². The lowest BCUT2D eigenvalue weighted by atomic mass is 10.3. The smallest absolute Gasteiger partial charge is 0.243 e. The van der Waals surface area contributed by atoms with E-state index in [1.165, 1.54) is 0 Å². The van der Waals surface area contributed by atoms with Crippen LogP contribution in [0.5, 0.6) is 5.75 Å². The van der Waals surface area contributed by atoms with Gasteiger partial charge < -0.3 is 15.4 Å². The number of anilines is 2. The van der Waals surface area contributed by atoms with Crippen LogP contribution in [0.2, 0.25) is 10.0 Å². The summed E-state index contributed by atoms with van der Waals surface area (Å²) < 4.78 is 5.51. The largest absolute Gasteiger partial charge is 0.494 e. The van der Waals surface area contributed by atoms with Crippen molar-refractivity contribution in [3.05, 3.63) is 52.5 Å². The van der Waals surface area contributed by atoms with Crippen LogP contribution in [0.4, 0.5) is 11.4 Å². The van der Waals surface area contributed by atoms with Crippen LogP contribution in [0.3, 0.4) is 0 Å². The Balaban J connectivity index is 1.84. The third kappa shape index (κ3) is 6.00. The van der Waals surface area contributed by atoms with Crippen LogP contribution in [0, 0.1) is 0 Å². The molecule has 2 rings (SSSR count). The second-order valence-electron chi connectivity index (χ2n) is 4.93. The minimum atomic E-state index is -0.186. The van der Waals surface area contributed by atoms with Crippen molar-refractivity contribution in [1.29, 1.82) is 0 Å². The summed E-state index contributed by atoms with van der Waals surface area (Å²) in [6.45, 7) is 2.89. The van der Waals surface area contributed by atoms with E-state index >= 15 is 0 Å². The van der Waals surface area contributed by atoms with Crippen molar-refractivity contribution in [2.45, 2.75) is 13.3 Å². The van der Waals surface area contributed by atoms with Crippen molar-refractivity contribution in [2.75, 3.05) is 23.8 Å². The first kappa shape index (κ1) is 17.4. The summed E-state index contributed by atoms with van der Waals surface area (Å²) in [4.78, 5) is 11.9. The number of halogens is 2. The highest BCUT2D eigenvalue weighted by Gasteiger charge is 2.04. The Kier molecular flexibility index (Phi) is 6.56. The molecule has 0 saturated carbocycles. The maximum Gasteiger partial charge on any atom is 0.243 e. The Labute approximate surface area is 145 Å². The van der Waals surface area contributed by atoms with Gasteiger partial charge >= 0.3 is 0 Å². The van der Waals surface area contributed by atoms with Crippen molar-refractivity contribution in [2.24, 2.45) is 0 Å². The molecule has 2 N–H and O–H groups in total. The number of carbonyl (C=O) groups is 1. The number of nitrogens with one attached hydrogen (secondary N) is 2. The Bertz CT molecular complexity index is 640. The zero-order valence-electron chi connectivity index (χ0n) is 12.7. The molecule has 23 heavy (non-hydrogen) atoms. The van der Waals surface area contributed by atoms with E-state index in [-0.39, 0.29) is 12.5 Å². The van der Waals surface area contributed by atoms with Crippen molar-refractivity contribution in [3.63, 3.8) is 0 Å². The van der Waals surface area contributed by atoms with Crippen LogP contribution in [-0.2, 0) is 4.79 Å². The normalized spacial score (nSPS) is 10.2. The van der Waals surface area contributed by atoms with Gasteiger partial charge in [0.2, 0.25) is 5.91 Å². The van der Waals surface area contributed by atoms with Gasteiger partial charge in [0.25, 0.3) is 0 Å². The molecule has 6 heteroatoms. The first-order chi connectivity index (χ1) is 11.1. The van der Waals surface area contributed by atoms with Crippen molar-refractivity contribution in [3.8, 4) is 5.75 Å². The molecular weight excluding hydrogens is 335 g/mol. The van der Waals surface area contributed by atoms with E-state index in [0.717, 1.165) is 17.9 Å². The molecule has 0 heterocycles. The van der Waals surface area contributed by atoms with Crippen LogP contribution in [-0.4, -0.2) is 19.1 Å². The molecule has 0 aliphatic heterocycles. The lowest BCUT2D eigenvalue weighted by molar-refractivity contribution is -0.114. The quantitative estimate of drug-likeness (QED) is 0.749. The monoisotopic (exact) mass is 352 g/mol. The molecule has 0 bridgehead atoms. The van der Waals surface area contributed by atoms with Gasteiger partial charge in [0.15, 0.2) is 0 Å². The van der Waals surface area contributed by atoms with E-state index in [9.17, 15) is 4.79 Å². The van der Waals surface area contributed by atoms with Crippen molar-refractivity contribution >= 4 is 40.5 Å². The van der Waals surface area contributed by atoms with Crippen LogP contribution in [0.25, 0.3) is 0 Å². The second kappa shape index (κ2) is 8.65. The van der Waals surface area contributed by atoms with Crippen LogP contribution in [0.1, 0.15) is 13.3 Å². The number of carbonyl (C=O) groups excluding carboxylic acids is 1. The standard InChI is InChI=1S/C17H18Cl2N2O2/c1-2-7-23-16-5-3-14(4-6-16)20-11-17(22)21-15-9-12(18)8-13(19)10-15/h3-6,8-10,20H,2,7,11H2,1H3,(H,21,22). The third-order valence-electron chi connectivity index (χ3n) is 2.93. The van der Waals surface area contributed by atoms with Gasteiger partial charge in [0.1, 0.15) is 5.75 Å². The van der Waals surface area contributed by atoms with E-state index < -0.39 is 0 Å². The molecule has 0 radical (unpaired) electrons. The maximum absolute atomic E-state index is 11.9. The molecule has 0 spiro atoms. The highest BCUT2D eigenvalue weighted by atomic mass is 35.5. The topological polar surface area (TPSA) is 50.4 Å². The molecule has 1 amide bonds. The summed E-state index contributed by atoms with van der Waals surface area (Å²) in [5.74, 6) is 0.630. The van der Waals surface area contributed by atoms with E-state index in [1.54, 1.807) is 18.2 Å². The van der Waals surface area contributed by atoms with Gasteiger partial charge in [-0.25, -0.2) is 0 Å². The zero-order valence-corrected chi connectivity index (χ0v) is 14.2. The summed E-state index contributed by atoms with van der Waals surface area (Å²) in [6.07, 6.45) is 0.966. The summed E-state index contributed by atoms with van der Waals surface area (Å²) in [6, 6.07) is 12.4. The lowest BCUT2D eigenvalue weighted by Gasteiger charge is -2.09. The van der Waals surface area contributed by atoms with Crippen LogP contribution >= 0.6 is 23.2 Å². The molecule has 0 fully saturated rings. The number of hydrogen-bond donors (Lipinski definition) is 2. The summed E-state index contributed by atoms with van der Waals surface area (Å²) >= 11 is 11.8. The third-order valence-corrected chi connectivity index (χ3v) is 3.36. The predicted octanol–water partition coefficient (Wildman–Crippen LogP) is 4.83. The minimum Gasteiger partial charge on any atom is -0.494 e. The summed E-state index contributed by atoms with van der Waals surface area (Å²) in [7, 11) is 0. The van der Waals surface area contributed by atoms with E-state index in [0.29, 0.717) is 22.3 Å². The average Bonchev–Trinajstić information content (AvgIpc) is 2.51. The molecule has 0 unspecified atom stereocenters. The SMILES string of the molecule is CCCOc1ccc(NCC(=O)Nc2cc(Cl)cc(Cl)c2)cc1. The van der Waals surface area contributed by atoms with Gasteiger partial charge in [-0.05, 0) is 48.9 Å². The molecule has 0 aliphatic rings. The molecule has 2 aromatic rings. The van der Waals surface area contributed by atoms with E-state index in [2.05, 4.69) is 17.6 Å². The minimum absolute atomic E-state index is 0.138. The Morgan fingerprint density at radius 1 is 1.04 bits per heavy atom. The number of rotatable bonds is 7. The van der Waals surface area contributed by atoms with Gasteiger partial charge in [-0.3, -0.25) is 4.79 Å². The second-order valence-corrected chi connectivity index (χ2v) is 5.81. The average molecular weight is 353 g/mol. The van der Waals surface area contributed by atoms with Crippen molar-refractivity contribution in [1.82, 2.24) is 0 Å². The van der Waals surface area contributed by atoms with Crippen molar-refractivity contribution < 1.29 is 9.53 Å². The molecule has 122 valence electrons. The fourth-order valence-corrected chi connectivity index (χ4v) is 2.43. The Morgan fingerprint density at radius 2 is 1.70 bits per heavy atom. The summed E-state index contributed by atoms with van der Waals surface area (Å²) in [5.41, 5.74) is 1.41. The first-order valence-corrected chi connectivity index (χ1v) is 8.05. The lowest BCUT2D eigenvalue weighted by Crippen LogP contribution is -2.21. The predicted molar refractivity (Wildman–Crippen MR) is 95.8 cm³/mol. The molecule has 0 aromatic heterocycles. The number of ether oxygens (including phenoxy) is 1. The molecule has 0 saturated heterocycles. The fourth-order valence-electron chi connectivity index (χ4n) is 1.90. The highest BCUT2D eigenvalue weighted by molar-refractivity contribution is 6.35. The Hall–Kier alpha value is -1.91. The molecular formula is C17H18Cl2N2O2. The zero-order chi connectivity index (χ0) is 16.7.